The molecule has 1 unspecified atom stereocenters. The zero-order valence-corrected chi connectivity index (χ0v) is 13.2. The van der Waals surface area contributed by atoms with Crippen molar-refractivity contribution in [2.45, 2.75) is 25.9 Å². The van der Waals surface area contributed by atoms with E-state index in [-0.39, 0.29) is 12.6 Å². The van der Waals surface area contributed by atoms with Gasteiger partial charge in [-0.25, -0.2) is 4.79 Å². The lowest BCUT2D eigenvalue weighted by Gasteiger charge is -2.10. The zero-order valence-electron chi connectivity index (χ0n) is 12.4. The third-order valence-electron chi connectivity index (χ3n) is 2.78. The fourth-order valence-electron chi connectivity index (χ4n) is 1.66. The number of rotatable bonds is 9. The summed E-state index contributed by atoms with van der Waals surface area (Å²) < 4.78 is 15.5. The molecule has 7 heteroatoms. The molecule has 0 spiro atoms. The van der Waals surface area contributed by atoms with E-state index in [1.54, 1.807) is 24.3 Å². The summed E-state index contributed by atoms with van der Waals surface area (Å²) in [7, 11) is 0. The highest BCUT2D eigenvalue weighted by molar-refractivity contribution is 7.13. The smallest absolute Gasteiger partial charge is 0.334 e. The van der Waals surface area contributed by atoms with Crippen LogP contribution >= 0.6 is 11.3 Å². The summed E-state index contributed by atoms with van der Waals surface area (Å²) in [6, 6.07) is 3.87. The Morgan fingerprint density at radius 2 is 2.45 bits per heavy atom. The third-order valence-corrected chi connectivity index (χ3v) is 3.65. The molecule has 0 saturated carbocycles. The van der Waals surface area contributed by atoms with Gasteiger partial charge in [0, 0.05) is 6.42 Å². The summed E-state index contributed by atoms with van der Waals surface area (Å²) >= 11 is 1.56. The van der Waals surface area contributed by atoms with Gasteiger partial charge in [-0.05, 0) is 24.8 Å². The molecule has 0 aliphatic heterocycles. The van der Waals surface area contributed by atoms with Gasteiger partial charge in [0.1, 0.15) is 0 Å². The molecule has 0 saturated heterocycles. The molecule has 0 aliphatic rings. The van der Waals surface area contributed by atoms with Crippen molar-refractivity contribution in [3.05, 3.63) is 36.1 Å². The van der Waals surface area contributed by atoms with Gasteiger partial charge in [-0.3, -0.25) is 0 Å². The van der Waals surface area contributed by atoms with Crippen LogP contribution in [0.2, 0.25) is 0 Å². The molecule has 1 atom stereocenters. The first-order valence-corrected chi connectivity index (χ1v) is 7.84. The van der Waals surface area contributed by atoms with Crippen molar-refractivity contribution in [2.24, 2.45) is 0 Å². The van der Waals surface area contributed by atoms with Crippen LogP contribution in [0.4, 0.5) is 0 Å². The first-order chi connectivity index (χ1) is 10.7. The summed E-state index contributed by atoms with van der Waals surface area (Å²) in [6.45, 7) is 5.78. The van der Waals surface area contributed by atoms with Crippen molar-refractivity contribution in [1.29, 1.82) is 0 Å². The number of aryl methyl sites for hydroxylation is 1. The Morgan fingerprint density at radius 1 is 1.59 bits per heavy atom. The highest BCUT2D eigenvalue weighted by Gasteiger charge is 2.14. The first kappa shape index (κ1) is 16.4. The van der Waals surface area contributed by atoms with Crippen LogP contribution in [-0.2, 0) is 20.7 Å². The van der Waals surface area contributed by atoms with Crippen LogP contribution in [-0.4, -0.2) is 35.4 Å². The van der Waals surface area contributed by atoms with Gasteiger partial charge >= 0.3 is 5.97 Å². The first-order valence-electron chi connectivity index (χ1n) is 6.96. The Bertz CT molecular complexity index is 594. The molecule has 2 aromatic rings. The van der Waals surface area contributed by atoms with E-state index in [1.165, 1.54) is 0 Å². The minimum atomic E-state index is -0.591. The highest BCUT2D eigenvalue weighted by atomic mass is 32.1. The molecule has 0 N–H and O–H groups in total. The van der Waals surface area contributed by atoms with Crippen LogP contribution in [0.25, 0.3) is 10.7 Å². The molecule has 0 fully saturated rings. The topological polar surface area (TPSA) is 74.5 Å². The molecule has 2 aromatic heterocycles. The van der Waals surface area contributed by atoms with Crippen molar-refractivity contribution in [2.75, 3.05) is 13.2 Å². The van der Waals surface area contributed by atoms with Crippen LogP contribution in [0.15, 0.2) is 34.7 Å². The van der Waals surface area contributed by atoms with Crippen molar-refractivity contribution in [1.82, 2.24) is 10.1 Å². The second-order valence-electron chi connectivity index (χ2n) is 4.52. The molecule has 0 aromatic carbocycles. The van der Waals surface area contributed by atoms with E-state index in [4.69, 9.17) is 14.0 Å². The van der Waals surface area contributed by atoms with Crippen LogP contribution in [0.1, 0.15) is 19.2 Å². The number of ether oxygens (including phenoxy) is 2. The summed E-state index contributed by atoms with van der Waals surface area (Å²) in [4.78, 5) is 16.9. The molecule has 0 amide bonds. The third kappa shape index (κ3) is 4.78. The quantitative estimate of drug-likeness (QED) is 0.401. The van der Waals surface area contributed by atoms with E-state index in [2.05, 4.69) is 16.7 Å². The average Bonchev–Trinajstić information content (AvgIpc) is 3.19. The van der Waals surface area contributed by atoms with E-state index in [0.29, 0.717) is 31.2 Å². The molecule has 0 bridgehead atoms. The number of esters is 1. The molecule has 22 heavy (non-hydrogen) atoms. The highest BCUT2D eigenvalue weighted by Crippen LogP contribution is 2.21. The molecule has 2 rings (SSSR count). The predicted molar refractivity (Wildman–Crippen MR) is 82.5 cm³/mol. The Hall–Kier alpha value is -1.99. The van der Waals surface area contributed by atoms with E-state index < -0.39 is 6.10 Å². The van der Waals surface area contributed by atoms with Crippen LogP contribution in [0.3, 0.4) is 0 Å². The Kier molecular flexibility index (Phi) is 6.29. The van der Waals surface area contributed by atoms with E-state index >= 15 is 0 Å². The number of carbonyl (C=O) groups excluding carboxylic acids is 1. The number of carbonyl (C=O) groups is 1. The molecule has 6 nitrogen and oxygen atoms in total. The lowest BCUT2D eigenvalue weighted by molar-refractivity contribution is -0.155. The summed E-state index contributed by atoms with van der Waals surface area (Å²) in [5, 5.41) is 5.88. The number of aromatic nitrogens is 2. The normalized spacial score (nSPS) is 12.0. The SMILES string of the molecule is C=CCOC(C)C(=O)OCCCc1nc(-c2cccs2)no1. The maximum atomic E-state index is 11.6. The molecule has 118 valence electrons. The summed E-state index contributed by atoms with van der Waals surface area (Å²) in [5.74, 6) is 0.746. The van der Waals surface area contributed by atoms with E-state index in [0.717, 1.165) is 4.88 Å². The van der Waals surface area contributed by atoms with Crippen LogP contribution < -0.4 is 0 Å². The van der Waals surface area contributed by atoms with Gasteiger partial charge in [0.15, 0.2) is 6.10 Å². The lowest BCUT2D eigenvalue weighted by Crippen LogP contribution is -2.23. The molecule has 2 heterocycles. The number of nitrogens with zero attached hydrogens (tertiary/aromatic N) is 2. The Morgan fingerprint density at radius 3 is 3.18 bits per heavy atom. The van der Waals surface area contributed by atoms with Gasteiger partial charge in [-0.1, -0.05) is 17.3 Å². The minimum Gasteiger partial charge on any atom is -0.464 e. The Balaban J connectivity index is 1.69. The van der Waals surface area contributed by atoms with Gasteiger partial charge < -0.3 is 14.0 Å². The summed E-state index contributed by atoms with van der Waals surface area (Å²) in [5.41, 5.74) is 0. The second-order valence-corrected chi connectivity index (χ2v) is 5.47. The number of hydrogen-bond acceptors (Lipinski definition) is 7. The fourth-order valence-corrected chi connectivity index (χ4v) is 2.31. The fraction of sp³-hybridized carbons (Fsp3) is 0.400. The predicted octanol–water partition coefficient (Wildman–Crippen LogP) is 2.87. The van der Waals surface area contributed by atoms with Gasteiger partial charge in [0.2, 0.25) is 11.7 Å². The van der Waals surface area contributed by atoms with Crippen molar-refractivity contribution < 1.29 is 18.8 Å². The molecular weight excluding hydrogens is 304 g/mol. The van der Waals surface area contributed by atoms with Gasteiger partial charge in [-0.15, -0.1) is 17.9 Å². The van der Waals surface area contributed by atoms with Gasteiger partial charge in [-0.2, -0.15) is 4.98 Å². The lowest BCUT2D eigenvalue weighted by atomic mass is 10.3. The molecule has 0 aliphatic carbocycles. The van der Waals surface area contributed by atoms with Crippen molar-refractivity contribution >= 4 is 17.3 Å². The molecular formula is C15H18N2O4S. The average molecular weight is 322 g/mol. The van der Waals surface area contributed by atoms with Crippen molar-refractivity contribution in [3.63, 3.8) is 0 Å². The number of thiophene rings is 1. The monoisotopic (exact) mass is 322 g/mol. The minimum absolute atomic E-state index is 0.289. The summed E-state index contributed by atoms with van der Waals surface area (Å²) in [6.07, 6.45) is 2.18. The molecule has 0 radical (unpaired) electrons. The standard InChI is InChI=1S/C15H18N2O4S/c1-3-8-19-11(2)15(18)20-9-4-7-13-16-14(17-21-13)12-6-5-10-22-12/h3,5-6,10-11H,1,4,7-9H2,2H3. The van der Waals surface area contributed by atoms with Gasteiger partial charge in [0.05, 0.1) is 18.1 Å². The second kappa shape index (κ2) is 8.45. The van der Waals surface area contributed by atoms with E-state index in [9.17, 15) is 4.79 Å². The van der Waals surface area contributed by atoms with Crippen LogP contribution in [0.5, 0.6) is 0 Å². The maximum absolute atomic E-state index is 11.6. The maximum Gasteiger partial charge on any atom is 0.334 e. The van der Waals surface area contributed by atoms with E-state index in [1.807, 2.05) is 17.5 Å². The van der Waals surface area contributed by atoms with Gasteiger partial charge in [0.25, 0.3) is 0 Å². The Labute approximate surface area is 132 Å². The number of hydrogen-bond donors (Lipinski definition) is 0. The van der Waals surface area contributed by atoms with Crippen molar-refractivity contribution in [3.8, 4) is 10.7 Å². The zero-order chi connectivity index (χ0) is 15.8. The largest absolute Gasteiger partial charge is 0.464 e. The van der Waals surface area contributed by atoms with Crippen LogP contribution in [0, 0.1) is 0 Å².